The van der Waals surface area contributed by atoms with Crippen molar-refractivity contribution in [1.29, 1.82) is 0 Å². The number of hydrogen-bond acceptors (Lipinski definition) is 7. The van der Waals surface area contributed by atoms with Gasteiger partial charge in [-0.1, -0.05) is 11.8 Å². The van der Waals surface area contributed by atoms with Crippen molar-refractivity contribution in [3.05, 3.63) is 16.4 Å². The standard InChI is InChI=1S/C7H7N3O5S/c1-15-6-5(10(13)14)7(9-3-8-6)16-2-4(11)12/h3H,2H2,1H3,(H,11,12). The minimum atomic E-state index is -1.09. The molecule has 1 N–H and O–H groups in total. The Balaban J connectivity index is 3.07. The average molecular weight is 245 g/mol. The van der Waals surface area contributed by atoms with E-state index in [-0.39, 0.29) is 16.7 Å². The molecular formula is C7H7N3O5S. The summed E-state index contributed by atoms with van der Waals surface area (Å²) < 4.78 is 4.70. The molecule has 1 aromatic heterocycles. The van der Waals surface area contributed by atoms with Crippen LogP contribution in [-0.2, 0) is 4.79 Å². The SMILES string of the molecule is COc1ncnc(SCC(=O)O)c1[N+](=O)[O-]. The predicted octanol–water partition coefficient (Wildman–Crippen LogP) is 0.570. The lowest BCUT2D eigenvalue weighted by Gasteiger charge is -2.03. The van der Waals surface area contributed by atoms with Crippen molar-refractivity contribution in [2.45, 2.75) is 5.03 Å². The zero-order valence-corrected chi connectivity index (χ0v) is 8.93. The van der Waals surface area contributed by atoms with E-state index < -0.39 is 16.6 Å². The summed E-state index contributed by atoms with van der Waals surface area (Å²) in [4.78, 5) is 27.6. The van der Waals surface area contributed by atoms with Crippen molar-refractivity contribution in [2.24, 2.45) is 0 Å². The van der Waals surface area contributed by atoms with Crippen LogP contribution in [0.3, 0.4) is 0 Å². The Morgan fingerprint density at radius 3 is 2.88 bits per heavy atom. The van der Waals surface area contributed by atoms with Crippen molar-refractivity contribution in [1.82, 2.24) is 9.97 Å². The molecule has 0 bridgehead atoms. The summed E-state index contributed by atoms with van der Waals surface area (Å²) in [5, 5.41) is 19.2. The van der Waals surface area contributed by atoms with Crippen LogP contribution in [0.5, 0.6) is 5.88 Å². The lowest BCUT2D eigenvalue weighted by molar-refractivity contribution is -0.389. The fraction of sp³-hybridized carbons (Fsp3) is 0.286. The third-order valence-corrected chi connectivity index (χ3v) is 2.43. The molecule has 8 nitrogen and oxygen atoms in total. The predicted molar refractivity (Wildman–Crippen MR) is 53.6 cm³/mol. The number of thioether (sulfide) groups is 1. The number of carbonyl (C=O) groups is 1. The molecule has 16 heavy (non-hydrogen) atoms. The third kappa shape index (κ3) is 2.79. The van der Waals surface area contributed by atoms with E-state index in [9.17, 15) is 14.9 Å². The van der Waals surface area contributed by atoms with Crippen LogP contribution in [0.25, 0.3) is 0 Å². The largest absolute Gasteiger partial charge is 0.481 e. The summed E-state index contributed by atoms with van der Waals surface area (Å²) in [7, 11) is 1.24. The number of ether oxygens (including phenoxy) is 1. The van der Waals surface area contributed by atoms with Gasteiger partial charge < -0.3 is 9.84 Å². The van der Waals surface area contributed by atoms with Crippen LogP contribution in [0.2, 0.25) is 0 Å². The summed E-state index contributed by atoms with van der Waals surface area (Å²) in [5.74, 6) is -1.59. The van der Waals surface area contributed by atoms with Gasteiger partial charge in [0.25, 0.3) is 5.88 Å². The van der Waals surface area contributed by atoms with Crippen LogP contribution in [-0.4, -0.2) is 38.8 Å². The molecule has 0 spiro atoms. The van der Waals surface area contributed by atoms with Gasteiger partial charge in [-0.05, 0) is 0 Å². The summed E-state index contributed by atoms with van der Waals surface area (Å²) >= 11 is 0.741. The molecule has 1 aromatic rings. The molecule has 0 aliphatic carbocycles. The Hall–Kier alpha value is -1.90. The monoisotopic (exact) mass is 245 g/mol. The Morgan fingerprint density at radius 1 is 1.69 bits per heavy atom. The normalized spacial score (nSPS) is 9.81. The van der Waals surface area contributed by atoms with E-state index in [4.69, 9.17) is 9.84 Å². The lowest BCUT2D eigenvalue weighted by Crippen LogP contribution is -2.03. The summed E-state index contributed by atoms with van der Waals surface area (Å²) in [6, 6.07) is 0. The molecule has 0 amide bonds. The smallest absolute Gasteiger partial charge is 0.362 e. The van der Waals surface area contributed by atoms with Crippen molar-refractivity contribution in [3.8, 4) is 5.88 Å². The van der Waals surface area contributed by atoms with E-state index in [0.717, 1.165) is 18.1 Å². The first-order valence-corrected chi connectivity index (χ1v) is 4.92. The number of carboxylic acids is 1. The molecule has 1 rings (SSSR count). The maximum atomic E-state index is 10.7. The van der Waals surface area contributed by atoms with Gasteiger partial charge in [-0.2, -0.15) is 4.98 Å². The summed E-state index contributed by atoms with van der Waals surface area (Å²) in [6.45, 7) is 0. The molecule has 0 aromatic carbocycles. The molecule has 0 saturated heterocycles. The molecule has 0 aliphatic rings. The van der Waals surface area contributed by atoms with Crippen LogP contribution in [0, 0.1) is 10.1 Å². The van der Waals surface area contributed by atoms with Crippen LogP contribution in [0.1, 0.15) is 0 Å². The second-order valence-corrected chi connectivity index (χ2v) is 3.44. The first kappa shape index (κ1) is 12.2. The molecule has 0 unspecified atom stereocenters. The maximum absolute atomic E-state index is 10.7. The van der Waals surface area contributed by atoms with Crippen LogP contribution in [0.15, 0.2) is 11.4 Å². The zero-order valence-electron chi connectivity index (χ0n) is 8.11. The maximum Gasteiger partial charge on any atom is 0.362 e. The van der Waals surface area contributed by atoms with Crippen molar-refractivity contribution in [3.63, 3.8) is 0 Å². The van der Waals surface area contributed by atoms with E-state index in [2.05, 4.69) is 9.97 Å². The Morgan fingerprint density at radius 2 is 2.38 bits per heavy atom. The number of carboxylic acid groups (broad SMARTS) is 1. The van der Waals surface area contributed by atoms with Crippen molar-refractivity contribution in [2.75, 3.05) is 12.9 Å². The van der Waals surface area contributed by atoms with Crippen LogP contribution < -0.4 is 4.74 Å². The van der Waals surface area contributed by atoms with Gasteiger partial charge in [-0.25, -0.2) is 4.98 Å². The fourth-order valence-electron chi connectivity index (χ4n) is 0.889. The van der Waals surface area contributed by atoms with Crippen LogP contribution in [0.4, 0.5) is 5.69 Å². The molecular weight excluding hydrogens is 238 g/mol. The molecule has 0 saturated carbocycles. The number of methoxy groups -OCH3 is 1. The molecule has 0 radical (unpaired) electrons. The van der Waals surface area contributed by atoms with E-state index in [1.807, 2.05) is 0 Å². The topological polar surface area (TPSA) is 115 Å². The minimum absolute atomic E-state index is 0.0285. The van der Waals surface area contributed by atoms with E-state index in [1.165, 1.54) is 7.11 Å². The molecule has 1 heterocycles. The number of nitro groups is 1. The van der Waals surface area contributed by atoms with Gasteiger partial charge in [0.1, 0.15) is 6.33 Å². The first-order chi connectivity index (χ1) is 7.56. The van der Waals surface area contributed by atoms with Gasteiger partial charge in [0.05, 0.1) is 17.8 Å². The average Bonchev–Trinajstić information content (AvgIpc) is 2.25. The quantitative estimate of drug-likeness (QED) is 0.346. The second kappa shape index (κ2) is 5.26. The highest BCUT2D eigenvalue weighted by molar-refractivity contribution is 8.00. The Bertz CT molecular complexity index is 424. The van der Waals surface area contributed by atoms with E-state index >= 15 is 0 Å². The zero-order chi connectivity index (χ0) is 12.1. The molecule has 0 atom stereocenters. The highest BCUT2D eigenvalue weighted by Crippen LogP contribution is 2.33. The number of nitrogens with zero attached hydrogens (tertiary/aromatic N) is 3. The highest BCUT2D eigenvalue weighted by atomic mass is 32.2. The highest BCUT2D eigenvalue weighted by Gasteiger charge is 2.24. The number of aliphatic carboxylic acids is 1. The van der Waals surface area contributed by atoms with Gasteiger partial charge in [-0.15, -0.1) is 0 Å². The van der Waals surface area contributed by atoms with Gasteiger partial charge in [-0.3, -0.25) is 14.9 Å². The molecule has 86 valence electrons. The molecule has 9 heteroatoms. The van der Waals surface area contributed by atoms with E-state index in [1.54, 1.807) is 0 Å². The van der Waals surface area contributed by atoms with Gasteiger partial charge >= 0.3 is 11.7 Å². The number of rotatable bonds is 5. The van der Waals surface area contributed by atoms with Gasteiger partial charge in [0, 0.05) is 0 Å². The summed E-state index contributed by atoms with van der Waals surface area (Å²) in [6.07, 6.45) is 1.08. The minimum Gasteiger partial charge on any atom is -0.481 e. The number of hydrogen-bond donors (Lipinski definition) is 1. The van der Waals surface area contributed by atoms with Gasteiger partial charge in [0.2, 0.25) is 0 Å². The van der Waals surface area contributed by atoms with Crippen LogP contribution >= 0.6 is 11.8 Å². The Labute approximate surface area is 93.8 Å². The van der Waals surface area contributed by atoms with Crippen molar-refractivity contribution < 1.29 is 19.6 Å². The first-order valence-electron chi connectivity index (χ1n) is 3.94. The Kier molecular flexibility index (Phi) is 4.00. The number of aromatic nitrogens is 2. The third-order valence-electron chi connectivity index (χ3n) is 1.46. The lowest BCUT2D eigenvalue weighted by atomic mass is 10.5. The molecule has 0 fully saturated rings. The van der Waals surface area contributed by atoms with Gasteiger partial charge in [0.15, 0.2) is 5.03 Å². The second-order valence-electron chi connectivity index (χ2n) is 2.48. The van der Waals surface area contributed by atoms with Crippen molar-refractivity contribution >= 4 is 23.4 Å². The summed E-state index contributed by atoms with van der Waals surface area (Å²) in [5.41, 5.74) is -0.420. The fourth-order valence-corrected chi connectivity index (χ4v) is 1.57. The molecule has 0 aliphatic heterocycles. The van der Waals surface area contributed by atoms with E-state index in [0.29, 0.717) is 0 Å².